The molecule has 0 amide bonds. The van der Waals surface area contributed by atoms with Gasteiger partial charge in [-0.3, -0.25) is 18.5 Å². The van der Waals surface area contributed by atoms with Crippen molar-refractivity contribution >= 4 is 38.4 Å². The number of nitrogen functional groups attached to an aromatic ring is 1. The lowest BCUT2D eigenvalue weighted by atomic mass is 10.1. The highest BCUT2D eigenvalue weighted by molar-refractivity contribution is 7.60. The molecule has 44 heavy (non-hydrogen) atoms. The van der Waals surface area contributed by atoms with Crippen molar-refractivity contribution in [3.63, 3.8) is 0 Å². The molecule has 20 nitrogen and oxygen atoms in total. The standard InChI is InChI=1S/C22H28N6O14P2/c1-10(29)11-3-2-4-27(5-11)21-17(32)15(30)12(40-21)6-38-43(34,35)42-44(36,37)39-7-13-16(31)18(33)22(41-13)28-9-26-14-19(23)24-8-25-20(14)28/h2-5,8-9,12-13,15-18,21-22,30-33H,6-7H2,1H3,(H3-,23,24,25,34,35,36,37). The van der Waals surface area contributed by atoms with Crippen LogP contribution >= 0.6 is 15.6 Å². The molecule has 0 aliphatic carbocycles. The second-order valence-electron chi connectivity index (χ2n) is 9.86. The van der Waals surface area contributed by atoms with Crippen molar-refractivity contribution < 1.29 is 71.5 Å². The topological polar surface area (TPSA) is 295 Å². The lowest BCUT2D eigenvalue weighted by Crippen LogP contribution is -2.46. The zero-order valence-electron chi connectivity index (χ0n) is 22.6. The van der Waals surface area contributed by atoms with Crippen molar-refractivity contribution in [1.82, 2.24) is 19.5 Å². The Balaban J connectivity index is 1.16. The summed E-state index contributed by atoms with van der Waals surface area (Å²) in [6.45, 7) is -0.526. The number of ether oxygens (including phenoxy) is 2. The van der Waals surface area contributed by atoms with Gasteiger partial charge in [0, 0.05) is 6.07 Å². The van der Waals surface area contributed by atoms with Crippen LogP contribution in [0.15, 0.2) is 37.2 Å². The number of nitrogens with two attached hydrogens (primary N) is 1. The predicted molar refractivity (Wildman–Crippen MR) is 139 cm³/mol. The fourth-order valence-electron chi connectivity index (χ4n) is 4.63. The Bertz CT molecular complexity index is 1630. The minimum Gasteiger partial charge on any atom is -0.756 e. The lowest BCUT2D eigenvalue weighted by Gasteiger charge is -2.26. The first-order valence-corrected chi connectivity index (χ1v) is 15.8. The maximum atomic E-state index is 12.4. The zero-order chi connectivity index (χ0) is 32.0. The van der Waals surface area contributed by atoms with Crippen molar-refractivity contribution in [2.75, 3.05) is 18.9 Å². The minimum atomic E-state index is -5.61. The van der Waals surface area contributed by atoms with E-state index in [-0.39, 0.29) is 28.3 Å². The Morgan fingerprint density at radius 1 is 1.07 bits per heavy atom. The van der Waals surface area contributed by atoms with E-state index in [9.17, 15) is 44.1 Å². The lowest BCUT2D eigenvalue weighted by molar-refractivity contribution is -0.765. The largest absolute Gasteiger partial charge is 0.756 e. The number of nitrogens with zero attached hydrogens (tertiary/aromatic N) is 5. The number of carbonyl (C=O) groups excluding carboxylic acids is 1. The van der Waals surface area contributed by atoms with Crippen LogP contribution in [0.4, 0.5) is 5.82 Å². The van der Waals surface area contributed by atoms with Crippen molar-refractivity contribution in [2.45, 2.75) is 56.0 Å². The van der Waals surface area contributed by atoms with Crippen molar-refractivity contribution in [3.8, 4) is 0 Å². The highest BCUT2D eigenvalue weighted by Crippen LogP contribution is 2.58. The summed E-state index contributed by atoms with van der Waals surface area (Å²) in [5, 5.41) is 41.6. The molecule has 10 atom stereocenters. The molecule has 3 aromatic heterocycles. The molecule has 7 N–H and O–H groups in total. The van der Waals surface area contributed by atoms with Gasteiger partial charge in [0.1, 0.15) is 42.4 Å². The number of aliphatic hydroxyl groups excluding tert-OH is 4. The second kappa shape index (κ2) is 12.5. The normalized spacial score (nSPS) is 31.6. The molecule has 0 spiro atoms. The maximum absolute atomic E-state index is 12.4. The van der Waals surface area contributed by atoms with E-state index in [2.05, 4.69) is 28.3 Å². The molecular formula is C22H28N6O14P2. The Morgan fingerprint density at radius 3 is 2.48 bits per heavy atom. The number of imidazole rings is 1. The van der Waals surface area contributed by atoms with Gasteiger partial charge < -0.3 is 49.9 Å². The van der Waals surface area contributed by atoms with Gasteiger partial charge in [-0.25, -0.2) is 23.8 Å². The van der Waals surface area contributed by atoms with Crippen LogP contribution < -0.4 is 15.2 Å². The molecule has 240 valence electrons. The number of aromatic nitrogens is 5. The molecule has 3 aromatic rings. The number of hydrogen-bond acceptors (Lipinski definition) is 17. The summed E-state index contributed by atoms with van der Waals surface area (Å²) in [5.74, 6) is -0.225. The molecule has 5 rings (SSSR count). The Kier molecular flexibility index (Phi) is 9.28. The van der Waals surface area contributed by atoms with Crippen LogP contribution in [0.3, 0.4) is 0 Å². The van der Waals surface area contributed by atoms with E-state index in [1.807, 2.05) is 0 Å². The van der Waals surface area contributed by atoms with Gasteiger partial charge in [-0.15, -0.1) is 0 Å². The van der Waals surface area contributed by atoms with Crippen molar-refractivity contribution in [1.29, 1.82) is 0 Å². The number of fused-ring (bicyclic) bond motifs is 1. The van der Waals surface area contributed by atoms with E-state index in [0.717, 1.165) is 6.33 Å². The third kappa shape index (κ3) is 6.73. The third-order valence-electron chi connectivity index (χ3n) is 6.86. The molecule has 0 radical (unpaired) electrons. The number of ketones is 1. The fraction of sp³-hybridized carbons (Fsp3) is 0.500. The van der Waals surface area contributed by atoms with E-state index in [1.54, 1.807) is 0 Å². The van der Waals surface area contributed by atoms with Gasteiger partial charge in [0.05, 0.1) is 25.1 Å². The highest BCUT2D eigenvalue weighted by Gasteiger charge is 2.49. The number of Topliss-reactive ketones (excluding diaryl/α,β-unsaturated/α-hetero) is 1. The van der Waals surface area contributed by atoms with Crippen LogP contribution in [0.5, 0.6) is 0 Å². The van der Waals surface area contributed by atoms with Gasteiger partial charge >= 0.3 is 7.82 Å². The molecule has 2 aliphatic heterocycles. The van der Waals surface area contributed by atoms with Gasteiger partial charge in [0.15, 0.2) is 42.0 Å². The van der Waals surface area contributed by atoms with Crippen LogP contribution in [0.2, 0.25) is 0 Å². The molecule has 22 heteroatoms. The monoisotopic (exact) mass is 662 g/mol. The SMILES string of the molecule is CC(=O)c1ccc[n+](C2OC(COP(=O)(O)OP(=O)([O-])OCC3OC(n4cnc5c(N)ncnc54)C(O)C3O)C(O)C2O)c1. The Morgan fingerprint density at radius 2 is 1.75 bits per heavy atom. The van der Waals surface area contributed by atoms with Crippen molar-refractivity contribution in [2.24, 2.45) is 0 Å². The first-order chi connectivity index (χ1) is 20.7. The van der Waals surface area contributed by atoms with Crippen LogP contribution in [-0.2, 0) is 32.0 Å². The van der Waals surface area contributed by atoms with E-state index >= 15 is 0 Å². The van der Waals surface area contributed by atoms with Gasteiger partial charge in [0.25, 0.3) is 14.1 Å². The number of aliphatic hydroxyl groups is 4. The van der Waals surface area contributed by atoms with Gasteiger partial charge in [-0.05, 0) is 13.0 Å². The number of anilines is 1. The number of phosphoric acid groups is 2. The van der Waals surface area contributed by atoms with E-state index in [1.165, 1.54) is 46.9 Å². The summed E-state index contributed by atoms with van der Waals surface area (Å²) in [6, 6.07) is 3.03. The average Bonchev–Trinajstić information content (AvgIpc) is 3.61. The third-order valence-corrected chi connectivity index (χ3v) is 9.43. The minimum absolute atomic E-state index is 0.0464. The molecule has 0 bridgehead atoms. The van der Waals surface area contributed by atoms with Crippen LogP contribution in [0, 0.1) is 0 Å². The number of hydrogen-bond donors (Lipinski definition) is 6. The van der Waals surface area contributed by atoms with Crippen LogP contribution in [-0.4, -0.2) is 100 Å². The number of carbonyl (C=O) groups is 1. The molecule has 2 aliphatic rings. The molecule has 0 aromatic carbocycles. The number of rotatable bonds is 11. The number of phosphoric ester groups is 2. The quantitative estimate of drug-likeness (QED) is 0.0700. The average molecular weight is 662 g/mol. The van der Waals surface area contributed by atoms with Crippen LogP contribution in [0.1, 0.15) is 29.7 Å². The number of pyridine rings is 1. The fourth-order valence-corrected chi connectivity index (χ4v) is 6.68. The van der Waals surface area contributed by atoms with Crippen molar-refractivity contribution in [3.05, 3.63) is 42.7 Å². The molecular weight excluding hydrogens is 634 g/mol. The second-order valence-corrected chi connectivity index (χ2v) is 12.9. The smallest absolute Gasteiger partial charge is 0.478 e. The zero-order valence-corrected chi connectivity index (χ0v) is 24.4. The molecule has 0 saturated carbocycles. The van der Waals surface area contributed by atoms with Gasteiger partial charge in [-0.1, -0.05) is 0 Å². The van der Waals surface area contributed by atoms with Crippen LogP contribution in [0.25, 0.3) is 11.2 Å². The highest BCUT2D eigenvalue weighted by atomic mass is 31.3. The van der Waals surface area contributed by atoms with E-state index < -0.39 is 77.9 Å². The molecule has 10 unspecified atom stereocenters. The first kappa shape index (κ1) is 32.6. The molecule has 2 saturated heterocycles. The summed E-state index contributed by atoms with van der Waals surface area (Å²) in [5.41, 5.74) is 6.37. The van der Waals surface area contributed by atoms with E-state index in [0.29, 0.717) is 0 Å². The summed E-state index contributed by atoms with van der Waals surface area (Å²) >= 11 is 0. The summed E-state index contributed by atoms with van der Waals surface area (Å²) in [6.07, 6.45) is -6.68. The Hall–Kier alpha value is -2.81. The Labute approximate surface area is 247 Å². The molecule has 5 heterocycles. The van der Waals surface area contributed by atoms with Gasteiger partial charge in [-0.2, -0.15) is 4.57 Å². The maximum Gasteiger partial charge on any atom is 0.478 e. The predicted octanol–water partition coefficient (Wildman–Crippen LogP) is -2.54. The first-order valence-electron chi connectivity index (χ1n) is 12.8. The van der Waals surface area contributed by atoms with Gasteiger partial charge in [0.2, 0.25) is 0 Å². The summed E-state index contributed by atoms with van der Waals surface area (Å²) in [4.78, 5) is 45.8. The van der Waals surface area contributed by atoms with E-state index in [4.69, 9.17) is 15.2 Å². The summed E-state index contributed by atoms with van der Waals surface area (Å²) < 4.78 is 51.7. The molecule has 2 fully saturated rings. The summed E-state index contributed by atoms with van der Waals surface area (Å²) in [7, 11) is -11.0.